The predicted molar refractivity (Wildman–Crippen MR) is 48.8 cm³/mol. The quantitative estimate of drug-likeness (QED) is 0.595. The molecule has 0 heterocycles. The second-order valence-corrected chi connectivity index (χ2v) is 3.48. The van der Waals surface area contributed by atoms with Crippen LogP contribution in [0.5, 0.6) is 0 Å². The van der Waals surface area contributed by atoms with E-state index in [-0.39, 0.29) is 0 Å². The summed E-state index contributed by atoms with van der Waals surface area (Å²) < 4.78 is 4.93. The van der Waals surface area contributed by atoms with E-state index in [2.05, 4.69) is 26.1 Å². The Morgan fingerprint density at radius 2 is 1.91 bits per heavy atom. The maximum Gasteiger partial charge on any atom is 0.0587 e. The lowest BCUT2D eigenvalue weighted by molar-refractivity contribution is 0.195. The van der Waals surface area contributed by atoms with Crippen molar-refractivity contribution in [3.63, 3.8) is 0 Å². The molecule has 2 nitrogen and oxygen atoms in total. The predicted octanol–water partition coefficient (Wildman–Crippen LogP) is 1.66. The van der Waals surface area contributed by atoms with Gasteiger partial charge in [-0.2, -0.15) is 0 Å². The van der Waals surface area contributed by atoms with E-state index in [1.807, 2.05) is 0 Å². The van der Waals surface area contributed by atoms with E-state index in [4.69, 9.17) is 4.74 Å². The topological polar surface area (TPSA) is 21.3 Å². The fourth-order valence-corrected chi connectivity index (χ4v) is 1.20. The lowest BCUT2D eigenvalue weighted by atomic mass is 10.1. The number of hydrogen-bond donors (Lipinski definition) is 1. The number of nitrogens with one attached hydrogen (secondary N) is 1. The van der Waals surface area contributed by atoms with E-state index >= 15 is 0 Å². The van der Waals surface area contributed by atoms with Crippen LogP contribution in [0.2, 0.25) is 0 Å². The lowest BCUT2D eigenvalue weighted by Crippen LogP contribution is -2.30. The van der Waals surface area contributed by atoms with Crippen LogP contribution in [0.25, 0.3) is 0 Å². The SMILES string of the molecule is COCCNC(C)CC(C)C. The Bertz CT molecular complexity index is 83.6. The molecule has 0 radical (unpaired) electrons. The molecule has 0 aliphatic carbocycles. The number of hydrogen-bond acceptors (Lipinski definition) is 2. The summed E-state index contributed by atoms with van der Waals surface area (Å²) in [7, 11) is 1.73. The van der Waals surface area contributed by atoms with Crippen molar-refractivity contribution < 1.29 is 4.74 Å². The summed E-state index contributed by atoms with van der Waals surface area (Å²) in [5.74, 6) is 0.778. The number of rotatable bonds is 6. The molecule has 0 aromatic rings. The minimum absolute atomic E-state index is 0.616. The molecule has 1 atom stereocenters. The molecule has 0 aliphatic heterocycles. The molecule has 0 saturated heterocycles. The monoisotopic (exact) mass is 159 g/mol. The first-order valence-electron chi connectivity index (χ1n) is 4.39. The smallest absolute Gasteiger partial charge is 0.0587 e. The number of methoxy groups -OCH3 is 1. The summed E-state index contributed by atoms with van der Waals surface area (Å²) in [6, 6.07) is 0.616. The minimum atomic E-state index is 0.616. The fourth-order valence-electron chi connectivity index (χ4n) is 1.20. The van der Waals surface area contributed by atoms with Gasteiger partial charge in [0.1, 0.15) is 0 Å². The maximum absolute atomic E-state index is 4.93. The zero-order valence-corrected chi connectivity index (χ0v) is 8.18. The summed E-state index contributed by atoms with van der Waals surface area (Å²) >= 11 is 0. The Hall–Kier alpha value is -0.0800. The van der Waals surface area contributed by atoms with Gasteiger partial charge in [0.2, 0.25) is 0 Å². The van der Waals surface area contributed by atoms with Crippen LogP contribution in [0.15, 0.2) is 0 Å². The third-order valence-corrected chi connectivity index (χ3v) is 1.62. The summed E-state index contributed by atoms with van der Waals surface area (Å²) in [5, 5.41) is 3.39. The zero-order chi connectivity index (χ0) is 8.69. The molecular formula is C9H21NO. The Morgan fingerprint density at radius 1 is 1.27 bits per heavy atom. The van der Waals surface area contributed by atoms with Crippen LogP contribution in [0.1, 0.15) is 27.2 Å². The Kier molecular flexibility index (Phi) is 6.57. The molecule has 11 heavy (non-hydrogen) atoms. The highest BCUT2D eigenvalue weighted by Gasteiger charge is 2.02. The molecular weight excluding hydrogens is 138 g/mol. The standard InChI is InChI=1S/C9H21NO/c1-8(2)7-9(3)10-5-6-11-4/h8-10H,5-7H2,1-4H3. The third kappa shape index (κ3) is 7.82. The highest BCUT2D eigenvalue weighted by molar-refractivity contribution is 4.61. The Morgan fingerprint density at radius 3 is 2.36 bits per heavy atom. The summed E-state index contributed by atoms with van der Waals surface area (Å²) in [6.07, 6.45) is 1.24. The maximum atomic E-state index is 4.93. The van der Waals surface area contributed by atoms with Gasteiger partial charge in [-0.3, -0.25) is 0 Å². The average Bonchev–Trinajstić information content (AvgIpc) is 1.86. The molecule has 1 N–H and O–H groups in total. The van der Waals surface area contributed by atoms with Crippen LogP contribution in [0, 0.1) is 5.92 Å². The van der Waals surface area contributed by atoms with Crippen molar-refractivity contribution in [3.8, 4) is 0 Å². The highest BCUT2D eigenvalue weighted by atomic mass is 16.5. The first-order valence-corrected chi connectivity index (χ1v) is 4.39. The molecule has 0 rings (SSSR count). The molecule has 1 unspecified atom stereocenters. The van der Waals surface area contributed by atoms with Gasteiger partial charge in [0, 0.05) is 19.7 Å². The van der Waals surface area contributed by atoms with Crippen molar-refractivity contribution in [2.75, 3.05) is 20.3 Å². The van der Waals surface area contributed by atoms with Crippen molar-refractivity contribution in [3.05, 3.63) is 0 Å². The molecule has 0 saturated carbocycles. The van der Waals surface area contributed by atoms with Crippen LogP contribution < -0.4 is 5.32 Å². The zero-order valence-electron chi connectivity index (χ0n) is 8.18. The van der Waals surface area contributed by atoms with E-state index in [0.29, 0.717) is 6.04 Å². The van der Waals surface area contributed by atoms with E-state index in [9.17, 15) is 0 Å². The molecule has 0 aliphatic rings. The molecule has 0 fully saturated rings. The van der Waals surface area contributed by atoms with Crippen LogP contribution in [-0.2, 0) is 4.74 Å². The van der Waals surface area contributed by atoms with Gasteiger partial charge >= 0.3 is 0 Å². The van der Waals surface area contributed by atoms with Crippen LogP contribution in [-0.4, -0.2) is 26.3 Å². The molecule has 2 heteroatoms. The Labute approximate surface area is 70.3 Å². The van der Waals surface area contributed by atoms with Crippen molar-refractivity contribution >= 4 is 0 Å². The molecule has 0 aromatic carbocycles. The van der Waals surface area contributed by atoms with E-state index in [0.717, 1.165) is 19.1 Å². The lowest BCUT2D eigenvalue weighted by Gasteiger charge is -2.15. The van der Waals surface area contributed by atoms with Gasteiger partial charge in [-0.15, -0.1) is 0 Å². The second-order valence-electron chi connectivity index (χ2n) is 3.48. The average molecular weight is 159 g/mol. The molecule has 0 spiro atoms. The van der Waals surface area contributed by atoms with Gasteiger partial charge in [0.05, 0.1) is 6.61 Å². The van der Waals surface area contributed by atoms with Gasteiger partial charge in [-0.1, -0.05) is 13.8 Å². The van der Waals surface area contributed by atoms with Crippen LogP contribution in [0.3, 0.4) is 0 Å². The van der Waals surface area contributed by atoms with Gasteiger partial charge < -0.3 is 10.1 Å². The minimum Gasteiger partial charge on any atom is -0.383 e. The van der Waals surface area contributed by atoms with Crippen LogP contribution in [0.4, 0.5) is 0 Å². The van der Waals surface area contributed by atoms with E-state index in [1.54, 1.807) is 7.11 Å². The van der Waals surface area contributed by atoms with Crippen molar-refractivity contribution in [2.45, 2.75) is 33.2 Å². The first-order chi connectivity index (χ1) is 5.16. The van der Waals surface area contributed by atoms with E-state index < -0.39 is 0 Å². The van der Waals surface area contributed by atoms with Crippen LogP contribution >= 0.6 is 0 Å². The number of ether oxygens (including phenoxy) is 1. The van der Waals surface area contributed by atoms with Crippen molar-refractivity contribution in [1.82, 2.24) is 5.32 Å². The van der Waals surface area contributed by atoms with Gasteiger partial charge in [-0.05, 0) is 19.3 Å². The highest BCUT2D eigenvalue weighted by Crippen LogP contribution is 2.02. The van der Waals surface area contributed by atoms with Gasteiger partial charge in [0.15, 0.2) is 0 Å². The molecule has 0 amide bonds. The molecule has 68 valence electrons. The van der Waals surface area contributed by atoms with Gasteiger partial charge in [-0.25, -0.2) is 0 Å². The Balaban J connectivity index is 3.15. The molecule has 0 aromatic heterocycles. The first kappa shape index (κ1) is 10.9. The fraction of sp³-hybridized carbons (Fsp3) is 1.00. The van der Waals surface area contributed by atoms with E-state index in [1.165, 1.54) is 6.42 Å². The normalized spacial score (nSPS) is 13.9. The largest absolute Gasteiger partial charge is 0.383 e. The molecule has 0 bridgehead atoms. The van der Waals surface area contributed by atoms with Crippen molar-refractivity contribution in [1.29, 1.82) is 0 Å². The summed E-state index contributed by atoms with van der Waals surface area (Å²) in [5.41, 5.74) is 0. The summed E-state index contributed by atoms with van der Waals surface area (Å²) in [6.45, 7) is 8.48. The van der Waals surface area contributed by atoms with Gasteiger partial charge in [0.25, 0.3) is 0 Å². The third-order valence-electron chi connectivity index (χ3n) is 1.62. The second kappa shape index (κ2) is 6.62. The van der Waals surface area contributed by atoms with Crippen molar-refractivity contribution in [2.24, 2.45) is 5.92 Å². The summed E-state index contributed by atoms with van der Waals surface area (Å²) in [4.78, 5) is 0.